The fraction of sp³-hybridized carbons (Fsp3) is 0.414. The number of hydrogen-bond donors (Lipinski definition) is 4. The van der Waals surface area contributed by atoms with Crippen molar-refractivity contribution < 1.29 is 17.9 Å². The molecule has 1 atom stereocenters. The zero-order valence-electron chi connectivity index (χ0n) is 24.2. The Hall–Kier alpha value is -3.88. The van der Waals surface area contributed by atoms with Gasteiger partial charge in [0.25, 0.3) is 0 Å². The van der Waals surface area contributed by atoms with Gasteiger partial charge in [0.1, 0.15) is 24.4 Å². The second-order valence-electron chi connectivity index (χ2n) is 10.8. The Balaban J connectivity index is 1.14. The lowest BCUT2D eigenvalue weighted by Crippen LogP contribution is -2.50. The van der Waals surface area contributed by atoms with Crippen LogP contribution in [0.15, 0.2) is 42.7 Å². The summed E-state index contributed by atoms with van der Waals surface area (Å²) in [6.45, 7) is 7.79. The van der Waals surface area contributed by atoms with Crippen molar-refractivity contribution in [3.8, 4) is 11.5 Å². The highest BCUT2D eigenvalue weighted by Gasteiger charge is 2.24. The molecule has 12 nitrogen and oxygen atoms in total. The van der Waals surface area contributed by atoms with Crippen LogP contribution in [0.2, 0.25) is 0 Å². The van der Waals surface area contributed by atoms with Gasteiger partial charge in [0.2, 0.25) is 10.9 Å². The van der Waals surface area contributed by atoms with E-state index < -0.39 is 10.9 Å². The molecule has 4 aromatic rings. The molecule has 43 heavy (non-hydrogen) atoms. The SMILES string of the molecule is COc1cc2c(cc1OCCN1CCCC1C)[nH]c1ncnc(N3CCN(C(=S)Nc4ccc(N[SH](=O)=O)cc4)CC3)c12. The summed E-state index contributed by atoms with van der Waals surface area (Å²) in [5, 5.41) is 5.81. The molecule has 0 spiro atoms. The lowest BCUT2D eigenvalue weighted by Gasteiger charge is -2.37. The maximum absolute atomic E-state index is 10.9. The molecule has 228 valence electrons. The summed E-state index contributed by atoms with van der Waals surface area (Å²) in [6.07, 6.45) is 4.09. The van der Waals surface area contributed by atoms with E-state index in [4.69, 9.17) is 26.7 Å². The largest absolute Gasteiger partial charge is 0.493 e. The number of benzene rings is 2. The zero-order chi connectivity index (χ0) is 29.9. The number of fused-ring (bicyclic) bond motifs is 3. The van der Waals surface area contributed by atoms with Crippen LogP contribution < -0.4 is 24.4 Å². The minimum Gasteiger partial charge on any atom is -0.493 e. The monoisotopic (exact) mass is 624 g/mol. The predicted octanol–water partition coefficient (Wildman–Crippen LogP) is 3.44. The summed E-state index contributed by atoms with van der Waals surface area (Å²) in [6, 6.07) is 11.6. The van der Waals surface area contributed by atoms with E-state index in [-0.39, 0.29) is 0 Å². The van der Waals surface area contributed by atoms with Gasteiger partial charge in [0, 0.05) is 61.6 Å². The molecular formula is C29H36N8O4S2. The van der Waals surface area contributed by atoms with Crippen molar-refractivity contribution in [3.63, 3.8) is 0 Å². The third-order valence-electron chi connectivity index (χ3n) is 8.20. The van der Waals surface area contributed by atoms with E-state index in [0.29, 0.717) is 48.0 Å². The van der Waals surface area contributed by atoms with Gasteiger partial charge in [-0.3, -0.25) is 9.62 Å². The number of likely N-dealkylation sites (tertiary alicyclic amines) is 1. The molecule has 2 fully saturated rings. The normalized spacial score (nSPS) is 17.6. The van der Waals surface area contributed by atoms with Crippen molar-refractivity contribution in [1.29, 1.82) is 0 Å². The summed E-state index contributed by atoms with van der Waals surface area (Å²) < 4.78 is 36.1. The van der Waals surface area contributed by atoms with Crippen molar-refractivity contribution >= 4 is 67.3 Å². The van der Waals surface area contributed by atoms with Gasteiger partial charge in [-0.05, 0) is 68.9 Å². The Morgan fingerprint density at radius 1 is 1.07 bits per heavy atom. The summed E-state index contributed by atoms with van der Waals surface area (Å²) >= 11 is 5.67. The van der Waals surface area contributed by atoms with Crippen LogP contribution in [-0.2, 0) is 10.9 Å². The maximum atomic E-state index is 10.9. The number of aromatic amines is 1. The first kappa shape index (κ1) is 29.2. The first-order valence-electron chi connectivity index (χ1n) is 14.4. The van der Waals surface area contributed by atoms with E-state index in [1.54, 1.807) is 37.7 Å². The average molecular weight is 625 g/mol. The number of piperazine rings is 1. The third-order valence-corrected chi connectivity index (χ3v) is 9.00. The fourth-order valence-corrected chi connectivity index (χ4v) is 6.54. The minimum absolute atomic E-state index is 0.503. The molecule has 14 heteroatoms. The highest BCUT2D eigenvalue weighted by atomic mass is 32.2. The number of anilines is 3. The number of thiol groups is 1. The summed E-state index contributed by atoms with van der Waals surface area (Å²) in [5.41, 5.74) is 2.99. The maximum Gasteiger partial charge on any atom is 0.222 e. The molecule has 2 aromatic carbocycles. The summed E-state index contributed by atoms with van der Waals surface area (Å²) in [4.78, 5) is 19.5. The van der Waals surface area contributed by atoms with Crippen LogP contribution in [0.1, 0.15) is 19.8 Å². The van der Waals surface area contributed by atoms with Crippen LogP contribution in [0.25, 0.3) is 21.9 Å². The second kappa shape index (κ2) is 12.8. The standard InChI is InChI=1S/C29H36N8O4S2/c1-19-4-3-9-35(19)14-15-41-25-17-23-22(16-24(25)40-2)26-27(33-23)30-18-31-28(26)36-10-12-37(13-11-36)29(42)32-20-5-7-21(8-6-20)34-43(38)39/h5-8,16-19,43H,3-4,9-15H2,1-2H3,(H,32,42)(H,30,31,33)(H,34,38,39). The van der Waals surface area contributed by atoms with Gasteiger partial charge in [0.05, 0.1) is 18.0 Å². The van der Waals surface area contributed by atoms with Gasteiger partial charge in [0.15, 0.2) is 16.6 Å². The predicted molar refractivity (Wildman–Crippen MR) is 174 cm³/mol. The average Bonchev–Trinajstić information content (AvgIpc) is 3.59. The first-order valence-corrected chi connectivity index (χ1v) is 16.0. The van der Waals surface area contributed by atoms with Crippen LogP contribution in [0, 0.1) is 0 Å². The Morgan fingerprint density at radius 2 is 1.84 bits per heavy atom. The Kier molecular flexibility index (Phi) is 8.68. The highest BCUT2D eigenvalue weighted by molar-refractivity contribution is 7.80. The van der Waals surface area contributed by atoms with Gasteiger partial charge >= 0.3 is 0 Å². The Labute approximate surface area is 257 Å². The number of thiocarbonyl (C=S) groups is 1. The number of nitrogens with zero attached hydrogens (tertiary/aromatic N) is 5. The smallest absolute Gasteiger partial charge is 0.222 e. The van der Waals surface area contributed by atoms with E-state index in [1.807, 2.05) is 12.1 Å². The first-order chi connectivity index (χ1) is 20.9. The molecule has 0 amide bonds. The molecule has 2 aromatic heterocycles. The zero-order valence-corrected chi connectivity index (χ0v) is 25.9. The van der Waals surface area contributed by atoms with Crippen molar-refractivity contribution in [2.45, 2.75) is 25.8 Å². The Morgan fingerprint density at radius 3 is 2.53 bits per heavy atom. The molecule has 2 saturated heterocycles. The number of methoxy groups -OCH3 is 1. The summed E-state index contributed by atoms with van der Waals surface area (Å²) in [7, 11) is -1.03. The van der Waals surface area contributed by atoms with Crippen LogP contribution in [0.5, 0.6) is 11.5 Å². The number of H-pyrrole nitrogens is 1. The topological polar surface area (TPSA) is 128 Å². The van der Waals surface area contributed by atoms with E-state index in [1.165, 1.54) is 12.8 Å². The molecule has 3 N–H and O–H groups in total. The number of rotatable bonds is 9. The second-order valence-corrected chi connectivity index (χ2v) is 11.9. The minimum atomic E-state index is -2.70. The lowest BCUT2D eigenvalue weighted by molar-refractivity contribution is 0.200. The quantitative estimate of drug-likeness (QED) is 0.162. The van der Waals surface area contributed by atoms with E-state index in [0.717, 1.165) is 59.6 Å². The number of ether oxygens (including phenoxy) is 2. The molecule has 0 saturated carbocycles. The van der Waals surface area contributed by atoms with Gasteiger partial charge < -0.3 is 29.6 Å². The molecule has 2 aliphatic rings. The fourth-order valence-electron chi connectivity index (χ4n) is 5.88. The van der Waals surface area contributed by atoms with Gasteiger partial charge in [-0.1, -0.05) is 0 Å². The molecule has 4 heterocycles. The van der Waals surface area contributed by atoms with Crippen LogP contribution in [0.3, 0.4) is 0 Å². The third kappa shape index (κ3) is 6.40. The molecule has 0 bridgehead atoms. The molecule has 0 aliphatic carbocycles. The van der Waals surface area contributed by atoms with Crippen LogP contribution in [0.4, 0.5) is 17.2 Å². The van der Waals surface area contributed by atoms with Crippen molar-refractivity contribution in [2.24, 2.45) is 0 Å². The lowest BCUT2D eigenvalue weighted by atomic mass is 10.1. The van der Waals surface area contributed by atoms with Crippen molar-refractivity contribution in [3.05, 3.63) is 42.7 Å². The van der Waals surface area contributed by atoms with E-state index >= 15 is 0 Å². The molecule has 6 rings (SSSR count). The van der Waals surface area contributed by atoms with Gasteiger partial charge in [-0.15, -0.1) is 0 Å². The van der Waals surface area contributed by atoms with Crippen molar-refractivity contribution in [2.75, 3.05) is 67.9 Å². The van der Waals surface area contributed by atoms with Gasteiger partial charge in [-0.2, -0.15) is 0 Å². The van der Waals surface area contributed by atoms with E-state index in [2.05, 4.69) is 41.6 Å². The van der Waals surface area contributed by atoms with Crippen LogP contribution >= 0.6 is 12.2 Å². The van der Waals surface area contributed by atoms with E-state index in [9.17, 15) is 8.42 Å². The molecule has 2 aliphatic heterocycles. The highest BCUT2D eigenvalue weighted by Crippen LogP contribution is 2.38. The van der Waals surface area contributed by atoms with Crippen LogP contribution in [-0.4, -0.2) is 97.3 Å². The van der Waals surface area contributed by atoms with Gasteiger partial charge in [-0.25, -0.2) is 18.4 Å². The number of nitrogens with one attached hydrogen (secondary N) is 3. The molecule has 0 radical (unpaired) electrons. The molecule has 1 unspecified atom stereocenters. The Bertz CT molecular complexity index is 1680. The van der Waals surface area contributed by atoms with Crippen molar-refractivity contribution in [1.82, 2.24) is 24.8 Å². The summed E-state index contributed by atoms with van der Waals surface area (Å²) in [5.74, 6) is 2.27. The number of aromatic nitrogens is 3. The molecular weight excluding hydrogens is 589 g/mol. The number of hydrogen-bond acceptors (Lipinski definition) is 9.